The maximum Gasteiger partial charge on any atom is 0.416 e. The molecule has 29 heavy (non-hydrogen) atoms. The summed E-state index contributed by atoms with van der Waals surface area (Å²) < 4.78 is 54.2. The minimum atomic E-state index is -4.42. The number of carbonyl (C=O) groups is 1. The molecule has 0 amide bonds. The zero-order valence-corrected chi connectivity index (χ0v) is 15.9. The Morgan fingerprint density at radius 1 is 1.00 bits per heavy atom. The number of aromatic amines is 1. The Labute approximate surface area is 164 Å². The highest BCUT2D eigenvalue weighted by Crippen LogP contribution is 2.38. The predicted molar refractivity (Wildman–Crippen MR) is 103 cm³/mol. The van der Waals surface area contributed by atoms with E-state index in [4.69, 9.17) is 14.2 Å². The first-order chi connectivity index (χ1) is 13.8. The molecule has 3 aromatic rings. The van der Waals surface area contributed by atoms with Gasteiger partial charge in [-0.25, -0.2) is 0 Å². The molecule has 0 unspecified atom stereocenters. The van der Waals surface area contributed by atoms with Crippen LogP contribution in [0, 0.1) is 0 Å². The molecule has 0 aliphatic carbocycles. The molecule has 0 atom stereocenters. The molecule has 1 heterocycles. The first kappa shape index (κ1) is 20.3. The van der Waals surface area contributed by atoms with E-state index in [1.165, 1.54) is 51.7 Å². The van der Waals surface area contributed by atoms with Crippen LogP contribution in [-0.4, -0.2) is 32.1 Å². The van der Waals surface area contributed by atoms with Crippen LogP contribution in [0.1, 0.15) is 21.5 Å². The van der Waals surface area contributed by atoms with Gasteiger partial charge in [-0.05, 0) is 42.0 Å². The number of allylic oxidation sites excluding steroid dienone is 1. The van der Waals surface area contributed by atoms with E-state index in [1.807, 2.05) is 0 Å². The van der Waals surface area contributed by atoms with Gasteiger partial charge in [-0.15, -0.1) is 0 Å². The van der Waals surface area contributed by atoms with Gasteiger partial charge in [-0.3, -0.25) is 4.79 Å². The molecule has 0 spiro atoms. The summed E-state index contributed by atoms with van der Waals surface area (Å²) in [6.45, 7) is 0. The van der Waals surface area contributed by atoms with Gasteiger partial charge in [-0.1, -0.05) is 6.07 Å². The molecule has 0 saturated carbocycles. The van der Waals surface area contributed by atoms with Gasteiger partial charge >= 0.3 is 6.18 Å². The van der Waals surface area contributed by atoms with Gasteiger partial charge in [0.2, 0.25) is 5.75 Å². The van der Waals surface area contributed by atoms with Gasteiger partial charge in [0.15, 0.2) is 17.3 Å². The maximum absolute atomic E-state index is 12.8. The summed E-state index contributed by atoms with van der Waals surface area (Å²) in [6, 6.07) is 6.47. The predicted octanol–water partition coefficient (Wildman–Crippen LogP) is 5.11. The molecule has 0 aliphatic rings. The molecule has 3 rings (SSSR count). The summed E-state index contributed by atoms with van der Waals surface area (Å²) in [7, 11) is 4.36. The summed E-state index contributed by atoms with van der Waals surface area (Å²) in [6.07, 6.45) is 0.000120. The summed E-state index contributed by atoms with van der Waals surface area (Å²) in [5, 5.41) is 0.576. The minimum Gasteiger partial charge on any atom is -0.493 e. The van der Waals surface area contributed by atoms with Gasteiger partial charge < -0.3 is 19.2 Å². The third-order valence-corrected chi connectivity index (χ3v) is 4.40. The maximum atomic E-state index is 12.8. The first-order valence-corrected chi connectivity index (χ1v) is 8.49. The van der Waals surface area contributed by atoms with E-state index in [-0.39, 0.29) is 5.78 Å². The fourth-order valence-electron chi connectivity index (χ4n) is 2.95. The highest BCUT2D eigenvalue weighted by Gasteiger charge is 2.30. The number of nitrogens with one attached hydrogen (secondary N) is 1. The van der Waals surface area contributed by atoms with Crippen LogP contribution in [0.4, 0.5) is 13.2 Å². The van der Waals surface area contributed by atoms with Crippen molar-refractivity contribution < 1.29 is 32.2 Å². The third-order valence-electron chi connectivity index (χ3n) is 4.40. The second-order valence-corrected chi connectivity index (χ2v) is 6.11. The molecule has 2 aromatic carbocycles. The van der Waals surface area contributed by atoms with Crippen LogP contribution in [0.15, 0.2) is 42.6 Å². The number of alkyl halides is 3. The molecule has 0 saturated heterocycles. The van der Waals surface area contributed by atoms with Gasteiger partial charge in [-0.2, -0.15) is 13.2 Å². The average Bonchev–Trinajstić information content (AvgIpc) is 3.12. The largest absolute Gasteiger partial charge is 0.493 e. The van der Waals surface area contributed by atoms with Crippen molar-refractivity contribution in [1.29, 1.82) is 0 Å². The Bertz CT molecular complexity index is 1060. The Balaban J connectivity index is 1.91. The molecular formula is C21H18F3NO4. The number of carbonyl (C=O) groups excluding carboxylic acids is 1. The Morgan fingerprint density at radius 3 is 2.21 bits per heavy atom. The highest BCUT2D eigenvalue weighted by molar-refractivity contribution is 6.08. The SMILES string of the molecule is COc1cc(C(=O)/C=C/c2c[nH]c3cc(C(F)(F)F)ccc23)cc(OC)c1OC. The zero-order valence-electron chi connectivity index (χ0n) is 15.9. The lowest BCUT2D eigenvalue weighted by atomic mass is 10.1. The zero-order chi connectivity index (χ0) is 21.2. The van der Waals surface area contributed by atoms with Crippen molar-refractivity contribution in [2.45, 2.75) is 6.18 Å². The third kappa shape index (κ3) is 4.06. The molecule has 1 N–H and O–H groups in total. The molecule has 1 aromatic heterocycles. The molecule has 0 fully saturated rings. The van der Waals surface area contributed by atoms with Gasteiger partial charge in [0.05, 0.1) is 26.9 Å². The Morgan fingerprint density at radius 2 is 1.66 bits per heavy atom. The number of hydrogen-bond donors (Lipinski definition) is 1. The quantitative estimate of drug-likeness (QED) is 0.457. The van der Waals surface area contributed by atoms with Crippen molar-refractivity contribution in [1.82, 2.24) is 4.98 Å². The minimum absolute atomic E-state index is 0.315. The van der Waals surface area contributed by atoms with Crippen molar-refractivity contribution >= 4 is 22.8 Å². The smallest absolute Gasteiger partial charge is 0.416 e. The first-order valence-electron chi connectivity index (χ1n) is 8.49. The van der Waals surface area contributed by atoms with Crippen molar-refractivity contribution in [3.63, 3.8) is 0 Å². The van der Waals surface area contributed by atoms with Crippen LogP contribution < -0.4 is 14.2 Å². The van der Waals surface area contributed by atoms with E-state index < -0.39 is 11.7 Å². The van der Waals surface area contributed by atoms with Crippen LogP contribution in [0.25, 0.3) is 17.0 Å². The molecule has 0 aliphatic heterocycles. The number of benzene rings is 2. The van der Waals surface area contributed by atoms with Crippen LogP contribution >= 0.6 is 0 Å². The summed E-state index contributed by atoms with van der Waals surface area (Å²) in [5.74, 6) is 0.726. The van der Waals surface area contributed by atoms with E-state index in [0.717, 1.165) is 12.1 Å². The number of ketones is 1. The van der Waals surface area contributed by atoms with Crippen molar-refractivity contribution in [3.8, 4) is 17.2 Å². The second kappa shape index (κ2) is 7.90. The topological polar surface area (TPSA) is 60.6 Å². The number of H-pyrrole nitrogens is 1. The van der Waals surface area contributed by atoms with E-state index in [2.05, 4.69) is 4.98 Å². The van der Waals surface area contributed by atoms with E-state index in [0.29, 0.717) is 39.3 Å². The number of aromatic nitrogens is 1. The number of fused-ring (bicyclic) bond motifs is 1. The van der Waals surface area contributed by atoms with Gasteiger partial charge in [0, 0.05) is 22.7 Å². The van der Waals surface area contributed by atoms with Crippen molar-refractivity contribution in [2.75, 3.05) is 21.3 Å². The van der Waals surface area contributed by atoms with Crippen LogP contribution in [-0.2, 0) is 6.18 Å². The lowest BCUT2D eigenvalue weighted by Crippen LogP contribution is -2.04. The lowest BCUT2D eigenvalue weighted by molar-refractivity contribution is -0.137. The highest BCUT2D eigenvalue weighted by atomic mass is 19.4. The second-order valence-electron chi connectivity index (χ2n) is 6.11. The normalized spacial score (nSPS) is 11.8. The van der Waals surface area contributed by atoms with Crippen LogP contribution in [0.5, 0.6) is 17.2 Å². The molecule has 0 bridgehead atoms. The lowest BCUT2D eigenvalue weighted by Gasteiger charge is -2.13. The fraction of sp³-hybridized carbons (Fsp3) is 0.190. The standard InChI is InChI=1S/C21H18F3NO4/c1-27-18-8-13(9-19(28-2)20(18)29-3)17(26)7-4-12-11-25-16-10-14(21(22,23)24)5-6-15(12)16/h4-11,25H,1-3H3/b7-4+. The number of methoxy groups -OCH3 is 3. The van der Waals surface area contributed by atoms with Gasteiger partial charge in [0.1, 0.15) is 0 Å². The van der Waals surface area contributed by atoms with Crippen LogP contribution in [0.3, 0.4) is 0 Å². The number of halogens is 3. The molecule has 152 valence electrons. The summed E-state index contributed by atoms with van der Waals surface area (Å²) in [5.41, 5.74) is 0.500. The molecular weight excluding hydrogens is 387 g/mol. The monoisotopic (exact) mass is 405 g/mol. The molecule has 8 heteroatoms. The van der Waals surface area contributed by atoms with E-state index >= 15 is 0 Å². The molecule has 0 radical (unpaired) electrons. The van der Waals surface area contributed by atoms with E-state index in [9.17, 15) is 18.0 Å². The van der Waals surface area contributed by atoms with E-state index in [1.54, 1.807) is 6.20 Å². The van der Waals surface area contributed by atoms with Crippen LogP contribution in [0.2, 0.25) is 0 Å². The van der Waals surface area contributed by atoms with Gasteiger partial charge in [0.25, 0.3) is 0 Å². The summed E-state index contributed by atoms with van der Waals surface area (Å²) in [4.78, 5) is 15.4. The average molecular weight is 405 g/mol. The molecule has 5 nitrogen and oxygen atoms in total. The summed E-state index contributed by atoms with van der Waals surface area (Å²) >= 11 is 0. The number of hydrogen-bond acceptors (Lipinski definition) is 4. The Hall–Kier alpha value is -3.42. The van der Waals surface area contributed by atoms with Crippen molar-refractivity contribution in [2.24, 2.45) is 0 Å². The Kier molecular flexibility index (Phi) is 5.54. The number of ether oxygens (including phenoxy) is 3. The fourth-order valence-corrected chi connectivity index (χ4v) is 2.95. The number of rotatable bonds is 6. The van der Waals surface area contributed by atoms with Crippen molar-refractivity contribution in [3.05, 3.63) is 59.3 Å².